The molecule has 0 N–H and O–H groups in total. The Kier molecular flexibility index (Phi) is 5.37. The van der Waals surface area contributed by atoms with E-state index in [2.05, 4.69) is 24.0 Å². The number of rotatable bonds is 6. The number of hydrogen-bond acceptors (Lipinski definition) is 5. The number of carbonyl (C=O) groups excluding carboxylic acids is 1. The maximum Gasteiger partial charge on any atom is 0.363 e. The zero-order valence-electron chi connectivity index (χ0n) is 15.1. The molecule has 0 aromatic heterocycles. The molecule has 0 saturated carbocycles. The molecule has 0 atom stereocenters. The molecular formula is C21H21NO4. The lowest BCUT2D eigenvalue weighted by Gasteiger charge is -2.07. The van der Waals surface area contributed by atoms with Gasteiger partial charge in [-0.2, -0.15) is 0 Å². The third kappa shape index (κ3) is 3.94. The van der Waals surface area contributed by atoms with Crippen LogP contribution in [0.1, 0.15) is 23.1 Å². The van der Waals surface area contributed by atoms with Gasteiger partial charge in [-0.05, 0) is 48.7 Å². The number of nitrogens with zero attached hydrogens (tertiary/aromatic N) is 1. The first-order valence-corrected chi connectivity index (χ1v) is 8.38. The number of benzene rings is 2. The SMILES string of the molecule is COc1ccc(OC)c(/C=C2\N=C(CCc3ccccc3C)OC2=O)c1. The van der Waals surface area contributed by atoms with E-state index in [9.17, 15) is 4.79 Å². The Hall–Kier alpha value is -3.08. The van der Waals surface area contributed by atoms with Crippen molar-refractivity contribution in [2.24, 2.45) is 4.99 Å². The summed E-state index contributed by atoms with van der Waals surface area (Å²) in [6.45, 7) is 2.07. The smallest absolute Gasteiger partial charge is 0.363 e. The lowest BCUT2D eigenvalue weighted by Crippen LogP contribution is -2.05. The van der Waals surface area contributed by atoms with Gasteiger partial charge in [-0.25, -0.2) is 9.79 Å². The first kappa shape index (κ1) is 17.7. The fourth-order valence-electron chi connectivity index (χ4n) is 2.79. The number of aryl methyl sites for hydroxylation is 2. The predicted molar refractivity (Wildman–Crippen MR) is 101 cm³/mol. The van der Waals surface area contributed by atoms with Gasteiger partial charge in [0.05, 0.1) is 14.2 Å². The van der Waals surface area contributed by atoms with Gasteiger partial charge in [0.15, 0.2) is 11.6 Å². The Morgan fingerprint density at radius 3 is 2.62 bits per heavy atom. The van der Waals surface area contributed by atoms with Gasteiger partial charge in [0.1, 0.15) is 11.5 Å². The summed E-state index contributed by atoms with van der Waals surface area (Å²) < 4.78 is 15.9. The average molecular weight is 351 g/mol. The fourth-order valence-corrected chi connectivity index (χ4v) is 2.79. The highest BCUT2D eigenvalue weighted by atomic mass is 16.6. The number of methoxy groups -OCH3 is 2. The summed E-state index contributed by atoms with van der Waals surface area (Å²) in [4.78, 5) is 16.5. The molecule has 2 aromatic rings. The molecule has 0 fully saturated rings. The summed E-state index contributed by atoms with van der Waals surface area (Å²) in [5.41, 5.74) is 3.41. The number of cyclic esters (lactones) is 1. The average Bonchev–Trinajstić information content (AvgIpc) is 3.00. The summed E-state index contributed by atoms with van der Waals surface area (Å²) in [5.74, 6) is 1.29. The molecule has 0 unspecified atom stereocenters. The summed E-state index contributed by atoms with van der Waals surface area (Å²) in [5, 5.41) is 0. The Balaban J connectivity index is 1.79. The van der Waals surface area contributed by atoms with Gasteiger partial charge in [0.25, 0.3) is 0 Å². The lowest BCUT2D eigenvalue weighted by molar-refractivity contribution is -0.130. The maximum atomic E-state index is 12.1. The molecule has 0 aliphatic carbocycles. The van der Waals surface area contributed by atoms with E-state index in [1.807, 2.05) is 12.1 Å². The highest BCUT2D eigenvalue weighted by molar-refractivity contribution is 6.07. The Labute approximate surface area is 152 Å². The van der Waals surface area contributed by atoms with Gasteiger partial charge in [-0.1, -0.05) is 24.3 Å². The number of ether oxygens (including phenoxy) is 3. The van der Waals surface area contributed by atoms with Crippen molar-refractivity contribution in [3.05, 3.63) is 64.9 Å². The number of carbonyl (C=O) groups is 1. The molecule has 3 rings (SSSR count). The molecule has 1 heterocycles. The van der Waals surface area contributed by atoms with Crippen LogP contribution in [0.5, 0.6) is 11.5 Å². The van der Waals surface area contributed by atoms with Gasteiger partial charge in [-0.3, -0.25) is 0 Å². The normalized spacial score (nSPS) is 15.0. The first-order chi connectivity index (χ1) is 12.6. The van der Waals surface area contributed by atoms with E-state index < -0.39 is 5.97 Å². The summed E-state index contributed by atoms with van der Waals surface area (Å²) in [6, 6.07) is 13.5. The van der Waals surface area contributed by atoms with Gasteiger partial charge in [-0.15, -0.1) is 0 Å². The minimum Gasteiger partial charge on any atom is -0.497 e. The van der Waals surface area contributed by atoms with Crippen molar-refractivity contribution in [1.29, 1.82) is 0 Å². The molecule has 1 aliphatic rings. The van der Waals surface area contributed by atoms with Crippen LogP contribution in [0.2, 0.25) is 0 Å². The standard InChI is InChI=1S/C21H21NO4/c1-14-6-4-5-7-15(14)8-11-20-22-18(21(23)26-20)13-16-12-17(24-2)9-10-19(16)25-3/h4-7,9-10,12-13H,8,11H2,1-3H3/b18-13-. The maximum absolute atomic E-state index is 12.1. The monoisotopic (exact) mass is 351 g/mol. The molecule has 0 spiro atoms. The van der Waals surface area contributed by atoms with E-state index in [0.29, 0.717) is 29.4 Å². The lowest BCUT2D eigenvalue weighted by atomic mass is 10.0. The van der Waals surface area contributed by atoms with Gasteiger partial charge in [0.2, 0.25) is 0 Å². The number of aliphatic imine (C=N–C) groups is 1. The zero-order chi connectivity index (χ0) is 18.5. The van der Waals surface area contributed by atoms with E-state index in [4.69, 9.17) is 14.2 Å². The molecule has 134 valence electrons. The minimum atomic E-state index is -0.449. The molecule has 5 heteroatoms. The van der Waals surface area contributed by atoms with E-state index >= 15 is 0 Å². The largest absolute Gasteiger partial charge is 0.497 e. The van der Waals surface area contributed by atoms with Crippen LogP contribution in [0.3, 0.4) is 0 Å². The highest BCUT2D eigenvalue weighted by Crippen LogP contribution is 2.28. The quantitative estimate of drug-likeness (QED) is 0.584. The molecule has 1 aliphatic heterocycles. The third-order valence-electron chi connectivity index (χ3n) is 4.26. The molecule has 0 bridgehead atoms. The second-order valence-electron chi connectivity index (χ2n) is 5.96. The molecule has 5 nitrogen and oxygen atoms in total. The number of hydrogen-bond donors (Lipinski definition) is 0. The zero-order valence-corrected chi connectivity index (χ0v) is 15.1. The van der Waals surface area contributed by atoms with Crippen molar-refractivity contribution < 1.29 is 19.0 Å². The van der Waals surface area contributed by atoms with Crippen molar-refractivity contribution in [1.82, 2.24) is 0 Å². The Morgan fingerprint density at radius 2 is 1.88 bits per heavy atom. The molecule has 0 radical (unpaired) electrons. The van der Waals surface area contributed by atoms with Crippen LogP contribution in [0, 0.1) is 6.92 Å². The van der Waals surface area contributed by atoms with Crippen molar-refractivity contribution >= 4 is 17.9 Å². The van der Waals surface area contributed by atoms with E-state index in [-0.39, 0.29) is 5.70 Å². The van der Waals surface area contributed by atoms with Crippen LogP contribution in [0.4, 0.5) is 0 Å². The van der Waals surface area contributed by atoms with Gasteiger partial charge >= 0.3 is 5.97 Å². The number of esters is 1. The van der Waals surface area contributed by atoms with E-state index in [0.717, 1.165) is 6.42 Å². The van der Waals surface area contributed by atoms with E-state index in [1.165, 1.54) is 11.1 Å². The molecule has 26 heavy (non-hydrogen) atoms. The summed E-state index contributed by atoms with van der Waals surface area (Å²) >= 11 is 0. The minimum absolute atomic E-state index is 0.260. The molecular weight excluding hydrogens is 330 g/mol. The fraction of sp³-hybridized carbons (Fsp3) is 0.238. The van der Waals surface area contributed by atoms with Crippen molar-refractivity contribution in [3.8, 4) is 11.5 Å². The Bertz CT molecular complexity index is 883. The van der Waals surface area contributed by atoms with Crippen molar-refractivity contribution in [2.45, 2.75) is 19.8 Å². The third-order valence-corrected chi connectivity index (χ3v) is 4.26. The van der Waals surface area contributed by atoms with Crippen LogP contribution in [-0.2, 0) is 16.0 Å². The Morgan fingerprint density at radius 1 is 1.08 bits per heavy atom. The summed E-state index contributed by atoms with van der Waals surface area (Å²) in [6.07, 6.45) is 3.00. The first-order valence-electron chi connectivity index (χ1n) is 8.38. The second-order valence-corrected chi connectivity index (χ2v) is 5.96. The van der Waals surface area contributed by atoms with Crippen LogP contribution >= 0.6 is 0 Å². The van der Waals surface area contributed by atoms with Crippen molar-refractivity contribution in [2.75, 3.05) is 14.2 Å². The van der Waals surface area contributed by atoms with Gasteiger partial charge < -0.3 is 14.2 Å². The van der Waals surface area contributed by atoms with Crippen LogP contribution in [0.25, 0.3) is 6.08 Å². The topological polar surface area (TPSA) is 57.1 Å². The van der Waals surface area contributed by atoms with Gasteiger partial charge in [0, 0.05) is 12.0 Å². The summed E-state index contributed by atoms with van der Waals surface area (Å²) in [7, 11) is 3.16. The molecule has 2 aromatic carbocycles. The predicted octanol–water partition coefficient (Wildman–Crippen LogP) is 3.94. The second kappa shape index (κ2) is 7.87. The van der Waals surface area contributed by atoms with Crippen LogP contribution in [-0.4, -0.2) is 26.1 Å². The molecule has 0 saturated heterocycles. The van der Waals surface area contributed by atoms with Crippen LogP contribution in [0.15, 0.2) is 53.2 Å². The molecule has 0 amide bonds. The highest BCUT2D eigenvalue weighted by Gasteiger charge is 2.23. The van der Waals surface area contributed by atoms with Crippen LogP contribution < -0.4 is 9.47 Å². The van der Waals surface area contributed by atoms with E-state index in [1.54, 1.807) is 38.5 Å². The van der Waals surface area contributed by atoms with Crippen molar-refractivity contribution in [3.63, 3.8) is 0 Å².